The van der Waals surface area contributed by atoms with E-state index in [9.17, 15) is 13.2 Å². The van der Waals surface area contributed by atoms with Crippen molar-refractivity contribution in [3.8, 4) is 0 Å². The fourth-order valence-electron chi connectivity index (χ4n) is 2.60. The van der Waals surface area contributed by atoms with Crippen LogP contribution in [0.2, 0.25) is 5.02 Å². The number of nitrogens with one attached hydrogen (secondary N) is 1. The third kappa shape index (κ3) is 2.86. The Hall–Kier alpha value is -1.88. The second-order valence-electron chi connectivity index (χ2n) is 5.30. The number of nitrogens with zero attached hydrogens (tertiary/aromatic N) is 1. The number of halogens is 4. The molecule has 1 aliphatic heterocycles. The van der Waals surface area contributed by atoms with Crippen molar-refractivity contribution in [1.29, 1.82) is 0 Å². The largest absolute Gasteiger partial charge is 0.416 e. The molecule has 1 unspecified atom stereocenters. The van der Waals surface area contributed by atoms with Gasteiger partial charge in [0, 0.05) is 11.6 Å². The monoisotopic (exact) mass is 326 g/mol. The summed E-state index contributed by atoms with van der Waals surface area (Å²) in [5.74, 6) is 0. The summed E-state index contributed by atoms with van der Waals surface area (Å²) < 4.78 is 38.3. The van der Waals surface area contributed by atoms with E-state index >= 15 is 0 Å². The topological polar surface area (TPSA) is 15.3 Å². The lowest BCUT2D eigenvalue weighted by atomic mass is 10.1. The molecule has 2 aromatic rings. The molecular formula is C16H14ClF3N2. The van der Waals surface area contributed by atoms with E-state index in [1.807, 2.05) is 24.0 Å². The maximum atomic E-state index is 12.8. The van der Waals surface area contributed by atoms with Crippen LogP contribution in [0.1, 0.15) is 18.1 Å². The standard InChI is InChI=1S/C16H14ClF3N2/c1-10-21-14-8-12(16(18,19)20)4-7-15(14)22(10)9-11-2-5-13(17)6-3-11/h2-8,10,21H,9H2,1H3. The van der Waals surface area contributed by atoms with Gasteiger partial charge < -0.3 is 10.2 Å². The Kier molecular flexibility index (Phi) is 3.68. The fourth-order valence-corrected chi connectivity index (χ4v) is 2.72. The second kappa shape index (κ2) is 5.39. The van der Waals surface area contributed by atoms with E-state index in [1.165, 1.54) is 6.07 Å². The molecule has 0 fully saturated rings. The average Bonchev–Trinajstić information content (AvgIpc) is 2.76. The summed E-state index contributed by atoms with van der Waals surface area (Å²) in [4.78, 5) is 2.03. The summed E-state index contributed by atoms with van der Waals surface area (Å²) in [5, 5.41) is 3.75. The van der Waals surface area contributed by atoms with Crippen LogP contribution in [-0.2, 0) is 12.7 Å². The molecule has 0 aromatic heterocycles. The van der Waals surface area contributed by atoms with Crippen molar-refractivity contribution in [3.63, 3.8) is 0 Å². The minimum atomic E-state index is -4.33. The van der Waals surface area contributed by atoms with Gasteiger partial charge in [-0.15, -0.1) is 0 Å². The highest BCUT2D eigenvalue weighted by Gasteiger charge is 2.33. The molecule has 1 atom stereocenters. The molecule has 1 heterocycles. The summed E-state index contributed by atoms with van der Waals surface area (Å²) in [6.45, 7) is 2.52. The van der Waals surface area contributed by atoms with E-state index in [-0.39, 0.29) is 6.17 Å². The van der Waals surface area contributed by atoms with Crippen LogP contribution in [0.5, 0.6) is 0 Å². The number of hydrogen-bond acceptors (Lipinski definition) is 2. The molecule has 116 valence electrons. The number of alkyl halides is 3. The zero-order valence-electron chi connectivity index (χ0n) is 11.8. The van der Waals surface area contributed by atoms with Gasteiger partial charge in [-0.3, -0.25) is 0 Å². The van der Waals surface area contributed by atoms with Crippen LogP contribution < -0.4 is 10.2 Å². The molecular weight excluding hydrogens is 313 g/mol. The molecule has 2 nitrogen and oxygen atoms in total. The van der Waals surface area contributed by atoms with Crippen LogP contribution in [0.15, 0.2) is 42.5 Å². The first-order valence-electron chi connectivity index (χ1n) is 6.83. The van der Waals surface area contributed by atoms with Gasteiger partial charge in [-0.25, -0.2) is 0 Å². The van der Waals surface area contributed by atoms with Crippen LogP contribution in [0.3, 0.4) is 0 Å². The van der Waals surface area contributed by atoms with Crippen molar-refractivity contribution in [2.24, 2.45) is 0 Å². The van der Waals surface area contributed by atoms with Crippen molar-refractivity contribution in [2.45, 2.75) is 25.8 Å². The highest BCUT2D eigenvalue weighted by Crippen LogP contribution is 2.40. The van der Waals surface area contributed by atoms with E-state index in [2.05, 4.69) is 5.32 Å². The minimum Gasteiger partial charge on any atom is -0.364 e. The Balaban J connectivity index is 1.88. The highest BCUT2D eigenvalue weighted by atomic mass is 35.5. The van der Waals surface area contributed by atoms with E-state index in [4.69, 9.17) is 11.6 Å². The zero-order chi connectivity index (χ0) is 15.9. The van der Waals surface area contributed by atoms with Crippen LogP contribution in [0.4, 0.5) is 24.5 Å². The Morgan fingerprint density at radius 2 is 1.82 bits per heavy atom. The lowest BCUT2D eigenvalue weighted by Gasteiger charge is -2.24. The van der Waals surface area contributed by atoms with Crippen molar-refractivity contribution >= 4 is 23.0 Å². The Morgan fingerprint density at radius 1 is 1.14 bits per heavy atom. The van der Waals surface area contributed by atoms with Gasteiger partial charge in [-0.1, -0.05) is 23.7 Å². The summed E-state index contributed by atoms with van der Waals surface area (Å²) in [6, 6.07) is 11.2. The van der Waals surface area contributed by atoms with Gasteiger partial charge in [0.2, 0.25) is 0 Å². The molecule has 0 amide bonds. The van der Waals surface area contributed by atoms with E-state index in [1.54, 1.807) is 12.1 Å². The van der Waals surface area contributed by atoms with Gasteiger partial charge >= 0.3 is 6.18 Å². The zero-order valence-corrected chi connectivity index (χ0v) is 12.5. The van der Waals surface area contributed by atoms with Crippen molar-refractivity contribution in [2.75, 3.05) is 10.2 Å². The van der Waals surface area contributed by atoms with Crippen LogP contribution in [0.25, 0.3) is 0 Å². The van der Waals surface area contributed by atoms with Gasteiger partial charge in [0.15, 0.2) is 0 Å². The maximum Gasteiger partial charge on any atom is 0.416 e. The number of rotatable bonds is 2. The lowest BCUT2D eigenvalue weighted by molar-refractivity contribution is -0.137. The number of benzene rings is 2. The summed E-state index contributed by atoms with van der Waals surface area (Å²) in [7, 11) is 0. The molecule has 6 heteroatoms. The van der Waals surface area contributed by atoms with Crippen LogP contribution >= 0.6 is 11.6 Å². The first-order chi connectivity index (χ1) is 10.3. The molecule has 0 aliphatic carbocycles. The third-order valence-electron chi connectivity index (χ3n) is 3.73. The predicted molar refractivity (Wildman–Crippen MR) is 82.2 cm³/mol. The average molecular weight is 327 g/mol. The second-order valence-corrected chi connectivity index (χ2v) is 5.74. The minimum absolute atomic E-state index is 0.0749. The fraction of sp³-hybridized carbons (Fsp3) is 0.250. The van der Waals surface area contributed by atoms with Gasteiger partial charge in [0.05, 0.1) is 23.1 Å². The molecule has 1 N–H and O–H groups in total. The Bertz CT molecular complexity index is 683. The third-order valence-corrected chi connectivity index (χ3v) is 3.98. The summed E-state index contributed by atoms with van der Waals surface area (Å²) >= 11 is 5.87. The molecule has 2 aromatic carbocycles. The lowest BCUT2D eigenvalue weighted by Crippen LogP contribution is -2.32. The van der Waals surface area contributed by atoms with Gasteiger partial charge in [0.1, 0.15) is 0 Å². The predicted octanol–water partition coefficient (Wildman–Crippen LogP) is 5.14. The Labute approximate surface area is 131 Å². The molecule has 0 saturated carbocycles. The van der Waals surface area contributed by atoms with Crippen LogP contribution in [0, 0.1) is 0 Å². The molecule has 0 saturated heterocycles. The molecule has 1 aliphatic rings. The van der Waals surface area contributed by atoms with Crippen molar-refractivity contribution in [1.82, 2.24) is 0 Å². The van der Waals surface area contributed by atoms with Crippen molar-refractivity contribution in [3.05, 3.63) is 58.6 Å². The number of anilines is 2. The smallest absolute Gasteiger partial charge is 0.364 e. The van der Waals surface area contributed by atoms with E-state index in [0.717, 1.165) is 23.4 Å². The van der Waals surface area contributed by atoms with Gasteiger partial charge in [-0.2, -0.15) is 13.2 Å². The molecule has 3 rings (SSSR count). The van der Waals surface area contributed by atoms with Gasteiger partial charge in [0.25, 0.3) is 0 Å². The van der Waals surface area contributed by atoms with E-state index in [0.29, 0.717) is 17.3 Å². The summed E-state index contributed by atoms with van der Waals surface area (Å²) in [5.41, 5.74) is 1.69. The summed E-state index contributed by atoms with van der Waals surface area (Å²) in [6.07, 6.45) is -4.40. The highest BCUT2D eigenvalue weighted by molar-refractivity contribution is 6.30. The first-order valence-corrected chi connectivity index (χ1v) is 7.21. The van der Waals surface area contributed by atoms with Crippen LogP contribution in [-0.4, -0.2) is 6.17 Å². The number of hydrogen-bond donors (Lipinski definition) is 1. The normalized spacial score (nSPS) is 17.3. The van der Waals surface area contributed by atoms with E-state index < -0.39 is 11.7 Å². The quantitative estimate of drug-likeness (QED) is 0.822. The Morgan fingerprint density at radius 3 is 2.45 bits per heavy atom. The first kappa shape index (κ1) is 15.0. The molecule has 0 spiro atoms. The van der Waals surface area contributed by atoms with Crippen molar-refractivity contribution < 1.29 is 13.2 Å². The SMILES string of the molecule is CC1Nc2cc(C(F)(F)F)ccc2N1Cc1ccc(Cl)cc1. The molecule has 0 bridgehead atoms. The molecule has 0 radical (unpaired) electrons. The molecule has 22 heavy (non-hydrogen) atoms. The van der Waals surface area contributed by atoms with Gasteiger partial charge in [-0.05, 0) is 42.8 Å². The maximum absolute atomic E-state index is 12.8. The number of fused-ring (bicyclic) bond motifs is 1.